The second-order valence-electron chi connectivity index (χ2n) is 4.49. The average molecular weight is 333 g/mol. The van der Waals surface area contributed by atoms with Gasteiger partial charge in [0, 0.05) is 17.2 Å². The molecule has 1 aliphatic heterocycles. The molecule has 3 rings (SSSR count). The van der Waals surface area contributed by atoms with Crippen LogP contribution in [-0.2, 0) is 0 Å². The molecule has 1 amide bonds. The molecular formula is C15H13BrN2O2. The summed E-state index contributed by atoms with van der Waals surface area (Å²) in [6, 6.07) is 11.1. The summed E-state index contributed by atoms with van der Waals surface area (Å²) in [7, 11) is 0. The first-order valence-electron chi connectivity index (χ1n) is 6.41. The number of halogens is 1. The van der Waals surface area contributed by atoms with Crippen molar-refractivity contribution < 1.29 is 9.53 Å². The highest BCUT2D eigenvalue weighted by Gasteiger charge is 2.23. The number of hydrogen-bond donors (Lipinski definition) is 0. The minimum atomic E-state index is -0.101. The van der Waals surface area contributed by atoms with Gasteiger partial charge < -0.3 is 9.64 Å². The molecule has 2 aromatic rings. The number of ether oxygens (including phenoxy) is 1. The number of hydrogen-bond acceptors (Lipinski definition) is 3. The molecule has 0 spiro atoms. The van der Waals surface area contributed by atoms with E-state index < -0.39 is 0 Å². The molecule has 0 saturated carbocycles. The van der Waals surface area contributed by atoms with Crippen molar-refractivity contribution in [1.82, 2.24) is 4.98 Å². The summed E-state index contributed by atoms with van der Waals surface area (Å²) in [6.45, 7) is 1.25. The van der Waals surface area contributed by atoms with Crippen LogP contribution in [0.1, 0.15) is 16.9 Å². The molecule has 1 aromatic heterocycles. The summed E-state index contributed by atoms with van der Waals surface area (Å²) in [5.41, 5.74) is 1.24. The molecule has 0 fully saturated rings. The maximum atomic E-state index is 12.6. The molecule has 0 saturated heterocycles. The van der Waals surface area contributed by atoms with Crippen molar-refractivity contribution in [2.75, 3.05) is 18.1 Å². The zero-order valence-corrected chi connectivity index (χ0v) is 12.3. The predicted molar refractivity (Wildman–Crippen MR) is 80.2 cm³/mol. The second kappa shape index (κ2) is 5.63. The first-order chi connectivity index (χ1) is 9.75. The molecule has 5 heteroatoms. The van der Waals surface area contributed by atoms with Crippen molar-refractivity contribution >= 4 is 27.5 Å². The van der Waals surface area contributed by atoms with Crippen LogP contribution >= 0.6 is 15.9 Å². The van der Waals surface area contributed by atoms with E-state index in [1.807, 2.05) is 30.3 Å². The van der Waals surface area contributed by atoms with Crippen molar-refractivity contribution in [2.24, 2.45) is 0 Å². The van der Waals surface area contributed by atoms with Crippen LogP contribution in [0.5, 0.6) is 5.75 Å². The molecule has 0 aliphatic carbocycles. The highest BCUT2D eigenvalue weighted by molar-refractivity contribution is 9.10. The Bertz CT molecular complexity index is 628. The summed E-state index contributed by atoms with van der Waals surface area (Å²) in [6.07, 6.45) is 2.43. The van der Waals surface area contributed by atoms with E-state index in [9.17, 15) is 4.79 Å². The van der Waals surface area contributed by atoms with Crippen LogP contribution in [0.3, 0.4) is 0 Å². The minimum Gasteiger partial charge on any atom is -0.491 e. The third-order valence-corrected chi connectivity index (χ3v) is 3.60. The third-order valence-electron chi connectivity index (χ3n) is 3.13. The lowest BCUT2D eigenvalue weighted by molar-refractivity contribution is 0.0982. The fraction of sp³-hybridized carbons (Fsp3) is 0.200. The molecular weight excluding hydrogens is 320 g/mol. The number of nitrogens with zero attached hydrogens (tertiary/aromatic N) is 2. The van der Waals surface area contributed by atoms with Gasteiger partial charge in [-0.2, -0.15) is 0 Å². The summed E-state index contributed by atoms with van der Waals surface area (Å²) >= 11 is 3.32. The molecule has 1 aliphatic rings. The van der Waals surface area contributed by atoms with Crippen LogP contribution in [0.15, 0.2) is 47.1 Å². The lowest BCUT2D eigenvalue weighted by Gasteiger charge is -2.21. The van der Waals surface area contributed by atoms with Crippen LogP contribution in [0.25, 0.3) is 0 Å². The van der Waals surface area contributed by atoms with E-state index in [4.69, 9.17) is 4.74 Å². The molecule has 102 valence electrons. The van der Waals surface area contributed by atoms with Gasteiger partial charge in [0.15, 0.2) is 0 Å². The average Bonchev–Trinajstić information content (AvgIpc) is 2.69. The van der Waals surface area contributed by atoms with Gasteiger partial charge in [-0.1, -0.05) is 12.1 Å². The third kappa shape index (κ3) is 2.54. The molecule has 0 radical (unpaired) electrons. The number of aromatic nitrogens is 1. The number of pyridine rings is 1. The van der Waals surface area contributed by atoms with E-state index in [1.165, 1.54) is 0 Å². The van der Waals surface area contributed by atoms with Gasteiger partial charge in [0.05, 0.1) is 12.3 Å². The summed E-state index contributed by atoms with van der Waals surface area (Å²) < 4.78 is 6.52. The maximum absolute atomic E-state index is 12.6. The number of benzene rings is 1. The Hall–Kier alpha value is -1.88. The van der Waals surface area contributed by atoms with E-state index in [0.717, 1.165) is 22.3 Å². The van der Waals surface area contributed by atoms with Crippen LogP contribution in [0.2, 0.25) is 0 Å². The first kappa shape index (κ1) is 13.1. The molecule has 2 heterocycles. The Kier molecular flexibility index (Phi) is 3.69. The lowest BCUT2D eigenvalue weighted by atomic mass is 10.2. The molecule has 20 heavy (non-hydrogen) atoms. The van der Waals surface area contributed by atoms with E-state index in [-0.39, 0.29) is 5.91 Å². The zero-order chi connectivity index (χ0) is 13.9. The second-order valence-corrected chi connectivity index (χ2v) is 5.40. The number of amides is 1. The molecule has 4 nitrogen and oxygen atoms in total. The monoisotopic (exact) mass is 332 g/mol. The maximum Gasteiger partial charge on any atom is 0.276 e. The predicted octanol–water partition coefficient (Wildman–Crippen LogP) is 3.27. The van der Waals surface area contributed by atoms with Crippen LogP contribution in [0.4, 0.5) is 5.69 Å². The minimum absolute atomic E-state index is 0.101. The smallest absolute Gasteiger partial charge is 0.276 e. The summed E-state index contributed by atoms with van der Waals surface area (Å²) in [4.78, 5) is 18.5. The largest absolute Gasteiger partial charge is 0.491 e. The fourth-order valence-electron chi connectivity index (χ4n) is 2.18. The van der Waals surface area contributed by atoms with Gasteiger partial charge >= 0.3 is 0 Å². The molecule has 0 atom stereocenters. The number of rotatable bonds is 1. The number of fused-ring (bicyclic) bond motifs is 1. The van der Waals surface area contributed by atoms with Crippen LogP contribution in [0, 0.1) is 0 Å². The quantitative estimate of drug-likeness (QED) is 0.804. The Balaban J connectivity index is 1.97. The Morgan fingerprint density at radius 1 is 1.25 bits per heavy atom. The van der Waals surface area contributed by atoms with Gasteiger partial charge in [-0.3, -0.25) is 4.79 Å². The fourth-order valence-corrected chi connectivity index (χ4v) is 2.41. The van der Waals surface area contributed by atoms with E-state index in [1.54, 1.807) is 17.2 Å². The van der Waals surface area contributed by atoms with E-state index in [2.05, 4.69) is 20.9 Å². The van der Waals surface area contributed by atoms with Crippen LogP contribution < -0.4 is 9.64 Å². The number of anilines is 1. The summed E-state index contributed by atoms with van der Waals surface area (Å²) in [5.74, 6) is 0.644. The normalized spacial score (nSPS) is 14.2. The van der Waals surface area contributed by atoms with Crippen LogP contribution in [-0.4, -0.2) is 24.0 Å². The van der Waals surface area contributed by atoms with Crippen molar-refractivity contribution in [3.63, 3.8) is 0 Å². The summed E-state index contributed by atoms with van der Waals surface area (Å²) in [5, 5.41) is 0. The van der Waals surface area contributed by atoms with Crippen molar-refractivity contribution in [3.05, 3.63) is 52.8 Å². The highest BCUT2D eigenvalue weighted by atomic mass is 79.9. The Morgan fingerprint density at radius 2 is 2.10 bits per heavy atom. The first-order valence-corrected chi connectivity index (χ1v) is 7.20. The molecule has 1 aromatic carbocycles. The van der Waals surface area contributed by atoms with Crippen molar-refractivity contribution in [1.29, 1.82) is 0 Å². The van der Waals surface area contributed by atoms with E-state index >= 15 is 0 Å². The molecule has 0 bridgehead atoms. The zero-order valence-electron chi connectivity index (χ0n) is 10.8. The van der Waals surface area contributed by atoms with Crippen molar-refractivity contribution in [2.45, 2.75) is 6.42 Å². The number of carbonyl (C=O) groups is 1. The molecule has 0 N–H and O–H groups in total. The van der Waals surface area contributed by atoms with E-state index in [0.29, 0.717) is 18.8 Å². The van der Waals surface area contributed by atoms with Gasteiger partial charge in [-0.15, -0.1) is 0 Å². The Morgan fingerprint density at radius 3 is 2.90 bits per heavy atom. The number of carbonyl (C=O) groups excluding carboxylic acids is 1. The molecule has 0 unspecified atom stereocenters. The highest BCUT2D eigenvalue weighted by Crippen LogP contribution is 2.31. The Labute approximate surface area is 125 Å². The van der Waals surface area contributed by atoms with Gasteiger partial charge in [0.2, 0.25) is 0 Å². The van der Waals surface area contributed by atoms with Gasteiger partial charge in [0.25, 0.3) is 5.91 Å². The van der Waals surface area contributed by atoms with Gasteiger partial charge in [0.1, 0.15) is 11.4 Å². The lowest BCUT2D eigenvalue weighted by Crippen LogP contribution is -2.32. The van der Waals surface area contributed by atoms with Gasteiger partial charge in [-0.05, 0) is 46.6 Å². The number of para-hydroxylation sites is 2. The van der Waals surface area contributed by atoms with Crippen molar-refractivity contribution in [3.8, 4) is 5.75 Å². The van der Waals surface area contributed by atoms with Gasteiger partial charge in [-0.25, -0.2) is 4.98 Å². The SMILES string of the molecule is O=C(c1ccc(Br)cn1)N1CCCOc2ccccc21. The standard InChI is InChI=1S/C15H13BrN2O2/c16-11-6-7-12(17-10-11)15(19)18-8-3-9-20-14-5-2-1-4-13(14)18/h1-2,4-7,10H,3,8-9H2. The topological polar surface area (TPSA) is 42.4 Å².